The van der Waals surface area contributed by atoms with Crippen LogP contribution in [0.4, 0.5) is 5.69 Å². The Hall–Kier alpha value is -4.53. The summed E-state index contributed by atoms with van der Waals surface area (Å²) in [5.74, 6) is 0.213. The van der Waals surface area contributed by atoms with Gasteiger partial charge in [0.15, 0.2) is 0 Å². The lowest BCUT2D eigenvalue weighted by Gasteiger charge is -2.11. The molecule has 5 aromatic rings. The average molecular weight is 438 g/mol. The summed E-state index contributed by atoms with van der Waals surface area (Å²) in [7, 11) is 0. The molecular formula is C24H18N6O3. The van der Waals surface area contributed by atoms with Crippen LogP contribution in [-0.4, -0.2) is 30.4 Å². The molecule has 0 unspecified atom stereocenters. The summed E-state index contributed by atoms with van der Waals surface area (Å²) in [6, 6.07) is 16.5. The Balaban J connectivity index is 1.37. The second-order valence-electron chi connectivity index (χ2n) is 8.06. The maximum absolute atomic E-state index is 13.1. The predicted molar refractivity (Wildman–Crippen MR) is 124 cm³/mol. The minimum atomic E-state index is -0.559. The van der Waals surface area contributed by atoms with Gasteiger partial charge in [0.25, 0.3) is 11.5 Å². The van der Waals surface area contributed by atoms with Crippen molar-refractivity contribution < 1.29 is 4.79 Å². The van der Waals surface area contributed by atoms with Gasteiger partial charge in [-0.25, -0.2) is 14.8 Å². The molecule has 1 aliphatic carbocycles. The fourth-order valence-corrected chi connectivity index (χ4v) is 4.01. The van der Waals surface area contributed by atoms with Gasteiger partial charge in [-0.3, -0.25) is 19.1 Å². The predicted octanol–water partition coefficient (Wildman–Crippen LogP) is 3.22. The van der Waals surface area contributed by atoms with E-state index in [-0.39, 0.29) is 17.0 Å². The van der Waals surface area contributed by atoms with Gasteiger partial charge >= 0.3 is 5.69 Å². The monoisotopic (exact) mass is 438 g/mol. The maximum atomic E-state index is 13.1. The topological polar surface area (TPSA) is 126 Å². The molecule has 3 N–H and O–H groups in total. The van der Waals surface area contributed by atoms with Gasteiger partial charge in [-0.2, -0.15) is 0 Å². The number of amides is 1. The molecule has 162 valence electrons. The second-order valence-corrected chi connectivity index (χ2v) is 8.06. The summed E-state index contributed by atoms with van der Waals surface area (Å²) in [6.45, 7) is 0. The number of para-hydroxylation sites is 3. The summed E-state index contributed by atoms with van der Waals surface area (Å²) in [4.78, 5) is 52.2. The number of aromatic nitrogens is 5. The Morgan fingerprint density at radius 2 is 1.82 bits per heavy atom. The first-order chi connectivity index (χ1) is 16.1. The number of carbonyl (C=O) groups is 1. The molecule has 6 rings (SSSR count). The maximum Gasteiger partial charge on any atom is 0.330 e. The van der Waals surface area contributed by atoms with Crippen LogP contribution in [0.25, 0.3) is 33.5 Å². The molecule has 0 spiro atoms. The minimum Gasteiger partial charge on any atom is -0.338 e. The molecule has 9 heteroatoms. The number of rotatable bonds is 4. The molecule has 1 aliphatic rings. The van der Waals surface area contributed by atoms with Gasteiger partial charge in [-0.1, -0.05) is 24.3 Å². The second kappa shape index (κ2) is 7.27. The van der Waals surface area contributed by atoms with Crippen molar-refractivity contribution in [2.45, 2.75) is 18.9 Å². The third-order valence-electron chi connectivity index (χ3n) is 5.77. The van der Waals surface area contributed by atoms with Gasteiger partial charge in [0.2, 0.25) is 0 Å². The summed E-state index contributed by atoms with van der Waals surface area (Å²) >= 11 is 0. The molecule has 33 heavy (non-hydrogen) atoms. The molecule has 3 aromatic heterocycles. The highest BCUT2D eigenvalue weighted by Gasteiger charge is 2.28. The number of hydrogen-bond acceptors (Lipinski definition) is 5. The number of nitrogens with one attached hydrogen (secondary N) is 3. The normalized spacial score (nSPS) is 13.5. The van der Waals surface area contributed by atoms with Gasteiger partial charge in [0, 0.05) is 17.8 Å². The largest absolute Gasteiger partial charge is 0.338 e. The van der Waals surface area contributed by atoms with Gasteiger partial charge in [-0.05, 0) is 43.2 Å². The fourth-order valence-electron chi connectivity index (χ4n) is 4.01. The average Bonchev–Trinajstić information content (AvgIpc) is 3.56. The molecule has 1 saturated carbocycles. The Morgan fingerprint density at radius 1 is 1.03 bits per heavy atom. The van der Waals surface area contributed by atoms with Crippen LogP contribution in [0.3, 0.4) is 0 Å². The third kappa shape index (κ3) is 3.30. The van der Waals surface area contributed by atoms with Crippen LogP contribution in [0.1, 0.15) is 29.2 Å². The number of hydrogen-bond donors (Lipinski definition) is 3. The first kappa shape index (κ1) is 19.2. The van der Waals surface area contributed by atoms with Gasteiger partial charge < -0.3 is 10.3 Å². The first-order valence-corrected chi connectivity index (χ1v) is 10.6. The van der Waals surface area contributed by atoms with E-state index in [4.69, 9.17) is 0 Å². The number of aromatic amines is 2. The highest BCUT2D eigenvalue weighted by atomic mass is 16.2. The lowest BCUT2D eigenvalue weighted by molar-refractivity contribution is 0.102. The number of nitrogens with zero attached hydrogens (tertiary/aromatic N) is 3. The van der Waals surface area contributed by atoms with E-state index in [0.29, 0.717) is 17.2 Å². The van der Waals surface area contributed by atoms with Gasteiger partial charge in [-0.15, -0.1) is 0 Å². The van der Waals surface area contributed by atoms with E-state index in [9.17, 15) is 14.4 Å². The highest BCUT2D eigenvalue weighted by molar-refractivity contribution is 6.07. The van der Waals surface area contributed by atoms with Crippen molar-refractivity contribution >= 4 is 33.7 Å². The van der Waals surface area contributed by atoms with Crippen LogP contribution >= 0.6 is 0 Å². The van der Waals surface area contributed by atoms with E-state index < -0.39 is 17.2 Å². The zero-order valence-corrected chi connectivity index (χ0v) is 17.3. The van der Waals surface area contributed by atoms with E-state index >= 15 is 0 Å². The molecule has 0 radical (unpaired) electrons. The molecule has 0 aliphatic heterocycles. The summed E-state index contributed by atoms with van der Waals surface area (Å²) < 4.78 is 1.50. The number of carbonyl (C=O) groups excluding carboxylic acids is 1. The highest BCUT2D eigenvalue weighted by Crippen LogP contribution is 2.34. The molecule has 9 nitrogen and oxygen atoms in total. The number of pyridine rings is 1. The number of imidazole rings is 1. The van der Waals surface area contributed by atoms with Crippen LogP contribution < -0.4 is 16.6 Å². The first-order valence-electron chi connectivity index (χ1n) is 10.6. The minimum absolute atomic E-state index is 0.0414. The Labute approximate surface area is 186 Å². The number of anilines is 1. The quantitative estimate of drug-likeness (QED) is 0.397. The van der Waals surface area contributed by atoms with Gasteiger partial charge in [0.1, 0.15) is 11.5 Å². The number of H-pyrrole nitrogens is 2. The zero-order valence-electron chi connectivity index (χ0n) is 17.3. The van der Waals surface area contributed by atoms with Crippen molar-refractivity contribution in [3.8, 4) is 11.4 Å². The Morgan fingerprint density at radius 3 is 2.64 bits per heavy atom. The summed E-state index contributed by atoms with van der Waals surface area (Å²) in [6.07, 6.45) is 3.12. The Kier molecular flexibility index (Phi) is 4.22. The third-order valence-corrected chi connectivity index (χ3v) is 5.77. The van der Waals surface area contributed by atoms with E-state index in [2.05, 4.69) is 25.3 Å². The molecular weight excluding hydrogens is 420 g/mol. The van der Waals surface area contributed by atoms with Crippen LogP contribution in [-0.2, 0) is 0 Å². The van der Waals surface area contributed by atoms with E-state index in [1.165, 1.54) is 16.8 Å². The van der Waals surface area contributed by atoms with Crippen molar-refractivity contribution in [1.29, 1.82) is 0 Å². The smallest absolute Gasteiger partial charge is 0.330 e. The van der Waals surface area contributed by atoms with Crippen molar-refractivity contribution in [3.63, 3.8) is 0 Å². The zero-order chi connectivity index (χ0) is 22.5. The molecule has 3 heterocycles. The number of fused-ring (bicyclic) bond motifs is 2. The van der Waals surface area contributed by atoms with Crippen molar-refractivity contribution in [1.82, 2.24) is 24.5 Å². The molecule has 1 amide bonds. The molecule has 2 aromatic carbocycles. The lowest BCUT2D eigenvalue weighted by atomic mass is 10.1. The van der Waals surface area contributed by atoms with Crippen LogP contribution in [0.2, 0.25) is 0 Å². The van der Waals surface area contributed by atoms with Crippen LogP contribution in [0, 0.1) is 0 Å². The summed E-state index contributed by atoms with van der Waals surface area (Å²) in [5, 5.41) is 3.10. The van der Waals surface area contributed by atoms with E-state index in [0.717, 1.165) is 29.4 Å². The lowest BCUT2D eigenvalue weighted by Crippen LogP contribution is -2.30. The standard InChI is InChI=1S/C24H18N6O3/c31-22(13-11-16-21(25-12-13)30(14-9-10-14)24(33)29-23(16)32)28-17-6-2-1-5-15(17)20-26-18-7-3-4-8-19(18)27-20/h1-8,11-12,14H,9-10H2,(H,26,27)(H,28,31)(H,29,32,33). The Bertz CT molecular complexity index is 1640. The van der Waals surface area contributed by atoms with Crippen LogP contribution in [0.15, 0.2) is 70.4 Å². The van der Waals surface area contributed by atoms with Gasteiger partial charge in [0.05, 0.1) is 27.7 Å². The van der Waals surface area contributed by atoms with Crippen LogP contribution in [0.5, 0.6) is 0 Å². The van der Waals surface area contributed by atoms with Crippen molar-refractivity contribution in [2.75, 3.05) is 5.32 Å². The van der Waals surface area contributed by atoms with E-state index in [1.54, 1.807) is 6.07 Å². The molecule has 1 fully saturated rings. The molecule has 0 atom stereocenters. The van der Waals surface area contributed by atoms with E-state index in [1.807, 2.05) is 42.5 Å². The number of benzene rings is 2. The fraction of sp³-hybridized carbons (Fsp3) is 0.125. The molecule has 0 saturated heterocycles. The summed E-state index contributed by atoms with van der Waals surface area (Å²) in [5.41, 5.74) is 2.51. The SMILES string of the molecule is O=C(Nc1ccccc1-c1nc2ccccc2[nH]1)c1cnc2c(c1)c(=O)[nH]c(=O)n2C1CC1. The van der Waals surface area contributed by atoms with Crippen molar-refractivity contribution in [3.05, 3.63) is 87.2 Å². The van der Waals surface area contributed by atoms with Crippen molar-refractivity contribution in [2.24, 2.45) is 0 Å². The molecule has 0 bridgehead atoms.